The van der Waals surface area contributed by atoms with Crippen molar-refractivity contribution in [2.45, 2.75) is 213 Å². The lowest BCUT2D eigenvalue weighted by Gasteiger charge is -2.13. The number of nitrogen functional groups attached to an aromatic ring is 2. The second-order valence-electron chi connectivity index (χ2n) is 18.2. The summed E-state index contributed by atoms with van der Waals surface area (Å²) in [6, 6.07) is 31.6. The summed E-state index contributed by atoms with van der Waals surface area (Å²) < 4.78 is 0. The number of hydrogen-bond acceptors (Lipinski definition) is 2. The Morgan fingerprint density at radius 3 is 0.831 bits per heavy atom. The van der Waals surface area contributed by atoms with Gasteiger partial charge >= 0.3 is 0 Å². The first-order valence-electron chi connectivity index (χ1n) is 24.9. The minimum absolute atomic E-state index is 0.845. The van der Waals surface area contributed by atoms with Crippen molar-refractivity contribution in [1.82, 2.24) is 0 Å². The molecule has 0 fully saturated rings. The molecular formula is C57H86N2. The molecule has 0 aromatic heterocycles. The Hall–Kier alpha value is -3.52. The van der Waals surface area contributed by atoms with Crippen LogP contribution < -0.4 is 11.5 Å². The molecule has 59 heavy (non-hydrogen) atoms. The van der Waals surface area contributed by atoms with Gasteiger partial charge in [0, 0.05) is 11.4 Å². The number of anilines is 2. The van der Waals surface area contributed by atoms with Crippen LogP contribution in [0.2, 0.25) is 0 Å². The van der Waals surface area contributed by atoms with Gasteiger partial charge in [0.2, 0.25) is 0 Å². The fraction of sp³-hybridized carbons (Fsp3) is 0.579. The number of nitrogens with two attached hydrogens (primary N) is 2. The van der Waals surface area contributed by atoms with E-state index in [-0.39, 0.29) is 0 Å². The van der Waals surface area contributed by atoms with Gasteiger partial charge in [0.15, 0.2) is 0 Å². The lowest BCUT2D eigenvalue weighted by Crippen LogP contribution is -1.99. The van der Waals surface area contributed by atoms with Gasteiger partial charge in [-0.1, -0.05) is 209 Å². The summed E-state index contributed by atoms with van der Waals surface area (Å²) in [5.74, 6) is 0. The molecule has 0 aliphatic heterocycles. The molecule has 4 aromatic carbocycles. The first-order chi connectivity index (χ1) is 29.0. The highest BCUT2D eigenvalue weighted by Gasteiger charge is 2.09. The van der Waals surface area contributed by atoms with Gasteiger partial charge in [0.05, 0.1) is 0 Å². The smallest absolute Gasteiger partial charge is 0.0314 e. The van der Waals surface area contributed by atoms with E-state index in [4.69, 9.17) is 11.5 Å². The maximum Gasteiger partial charge on any atom is 0.0314 e. The van der Waals surface area contributed by atoms with Crippen molar-refractivity contribution < 1.29 is 0 Å². The molecule has 0 spiro atoms. The average molecular weight is 799 g/mol. The van der Waals surface area contributed by atoms with Gasteiger partial charge in [0.25, 0.3) is 0 Å². The highest BCUT2D eigenvalue weighted by molar-refractivity contribution is 5.43. The summed E-state index contributed by atoms with van der Waals surface area (Å²) in [6.07, 6.45) is 41.4. The van der Waals surface area contributed by atoms with Crippen molar-refractivity contribution >= 4 is 11.4 Å². The zero-order valence-electron chi connectivity index (χ0n) is 38.2. The first-order valence-corrected chi connectivity index (χ1v) is 24.9. The second-order valence-corrected chi connectivity index (χ2v) is 18.2. The van der Waals surface area contributed by atoms with E-state index in [1.807, 2.05) is 24.3 Å². The number of aryl methyl sites for hydroxylation is 4. The van der Waals surface area contributed by atoms with Gasteiger partial charge in [-0.25, -0.2) is 0 Å². The Morgan fingerprint density at radius 2 is 0.525 bits per heavy atom. The quantitative estimate of drug-likeness (QED) is 0.0365. The molecule has 0 radical (unpaired) electrons. The molecule has 0 unspecified atom stereocenters. The zero-order valence-corrected chi connectivity index (χ0v) is 38.2. The standard InChI is InChI=1S/C57H86N2/c1-3-5-7-9-20-26-30-54-46-50(44-48-34-40-56(58)41-35-48)32-38-52(54)28-24-22-18-16-14-12-11-13-15-17-19-23-25-29-53-39-33-51(45-49-36-42-57(59)43-37-49)47-55(53)31-27-21-10-8-6-4-2/h32-43,46-47H,3-31,44-45,58-59H2,1-2H3. The average Bonchev–Trinajstić information content (AvgIpc) is 3.24. The molecule has 0 amide bonds. The van der Waals surface area contributed by atoms with E-state index >= 15 is 0 Å². The van der Waals surface area contributed by atoms with Crippen LogP contribution in [-0.4, -0.2) is 0 Å². The van der Waals surface area contributed by atoms with Gasteiger partial charge in [-0.05, 0) is 133 Å². The SMILES string of the molecule is CCCCCCCCc1cc(Cc2ccc(N)cc2)ccc1CCCCCCCCCCCCCCCc1ccc(Cc2ccc(N)cc2)cc1CCCCCCCC. The third kappa shape index (κ3) is 21.0. The third-order valence-corrected chi connectivity index (χ3v) is 12.8. The van der Waals surface area contributed by atoms with Crippen LogP contribution >= 0.6 is 0 Å². The monoisotopic (exact) mass is 799 g/mol. The van der Waals surface area contributed by atoms with Crippen LogP contribution in [0, 0.1) is 0 Å². The van der Waals surface area contributed by atoms with Gasteiger partial charge in [-0.2, -0.15) is 0 Å². The Balaban J connectivity index is 1.05. The Kier molecular flexibility index (Phi) is 24.9. The number of hydrogen-bond donors (Lipinski definition) is 2. The summed E-state index contributed by atoms with van der Waals surface area (Å²) in [5, 5.41) is 0. The van der Waals surface area contributed by atoms with E-state index in [1.165, 1.54) is 208 Å². The third-order valence-electron chi connectivity index (χ3n) is 12.8. The fourth-order valence-electron chi connectivity index (χ4n) is 9.04. The molecule has 4 rings (SSSR count). The molecule has 0 aliphatic rings. The second kappa shape index (κ2) is 30.5. The highest BCUT2D eigenvalue weighted by atomic mass is 14.5. The van der Waals surface area contributed by atoms with Crippen LogP contribution in [0.5, 0.6) is 0 Å². The lowest BCUT2D eigenvalue weighted by molar-refractivity contribution is 0.536. The van der Waals surface area contributed by atoms with Crippen molar-refractivity contribution in [3.63, 3.8) is 0 Å². The Bertz CT molecular complexity index is 1510. The van der Waals surface area contributed by atoms with Crippen molar-refractivity contribution in [2.75, 3.05) is 11.5 Å². The summed E-state index contributed by atoms with van der Waals surface area (Å²) in [4.78, 5) is 0. The molecule has 0 saturated heterocycles. The van der Waals surface area contributed by atoms with E-state index in [1.54, 1.807) is 22.3 Å². The Labute approximate surface area is 363 Å². The predicted octanol–water partition coefficient (Wildman–Crippen LogP) is 16.7. The highest BCUT2D eigenvalue weighted by Crippen LogP contribution is 2.24. The molecule has 324 valence electrons. The van der Waals surface area contributed by atoms with Crippen LogP contribution in [0.4, 0.5) is 11.4 Å². The van der Waals surface area contributed by atoms with Crippen molar-refractivity contribution in [3.05, 3.63) is 129 Å². The van der Waals surface area contributed by atoms with Crippen LogP contribution in [0.15, 0.2) is 84.9 Å². The molecular weight excluding hydrogens is 713 g/mol. The van der Waals surface area contributed by atoms with Gasteiger partial charge < -0.3 is 11.5 Å². The maximum absolute atomic E-state index is 5.94. The molecule has 4 N–H and O–H groups in total. The lowest BCUT2D eigenvalue weighted by atomic mass is 9.92. The van der Waals surface area contributed by atoms with Crippen molar-refractivity contribution in [3.8, 4) is 0 Å². The van der Waals surface area contributed by atoms with E-state index in [9.17, 15) is 0 Å². The molecule has 4 aromatic rings. The molecule has 0 atom stereocenters. The van der Waals surface area contributed by atoms with Crippen LogP contribution in [-0.2, 0) is 38.5 Å². The molecule has 0 heterocycles. The minimum atomic E-state index is 0.845. The molecule has 2 nitrogen and oxygen atoms in total. The first kappa shape index (κ1) is 48.1. The minimum Gasteiger partial charge on any atom is -0.399 e. The number of unbranched alkanes of at least 4 members (excludes halogenated alkanes) is 22. The summed E-state index contributed by atoms with van der Waals surface area (Å²) in [6.45, 7) is 4.61. The van der Waals surface area contributed by atoms with Crippen LogP contribution in [0.3, 0.4) is 0 Å². The molecule has 0 saturated carbocycles. The van der Waals surface area contributed by atoms with Crippen molar-refractivity contribution in [1.29, 1.82) is 0 Å². The van der Waals surface area contributed by atoms with Crippen LogP contribution in [0.1, 0.15) is 219 Å². The Morgan fingerprint density at radius 1 is 0.271 bits per heavy atom. The van der Waals surface area contributed by atoms with E-state index in [2.05, 4.69) is 74.5 Å². The van der Waals surface area contributed by atoms with Crippen molar-refractivity contribution in [2.24, 2.45) is 0 Å². The number of benzene rings is 4. The zero-order chi connectivity index (χ0) is 41.6. The largest absolute Gasteiger partial charge is 0.399 e. The van der Waals surface area contributed by atoms with E-state index in [0.717, 1.165) is 24.2 Å². The molecule has 0 aliphatic carbocycles. The van der Waals surface area contributed by atoms with Gasteiger partial charge in [-0.3, -0.25) is 0 Å². The summed E-state index contributed by atoms with van der Waals surface area (Å²) in [7, 11) is 0. The summed E-state index contributed by atoms with van der Waals surface area (Å²) in [5.41, 5.74) is 25.6. The topological polar surface area (TPSA) is 52.0 Å². The summed E-state index contributed by atoms with van der Waals surface area (Å²) >= 11 is 0. The number of rotatable bonds is 34. The van der Waals surface area contributed by atoms with Gasteiger partial charge in [-0.15, -0.1) is 0 Å². The maximum atomic E-state index is 5.94. The van der Waals surface area contributed by atoms with Gasteiger partial charge in [0.1, 0.15) is 0 Å². The fourth-order valence-corrected chi connectivity index (χ4v) is 9.04. The van der Waals surface area contributed by atoms with Crippen LogP contribution in [0.25, 0.3) is 0 Å². The van der Waals surface area contributed by atoms with E-state index < -0.39 is 0 Å². The molecule has 2 heteroatoms. The van der Waals surface area contributed by atoms with E-state index in [0.29, 0.717) is 0 Å². The predicted molar refractivity (Wildman–Crippen MR) is 262 cm³/mol. The molecule has 0 bridgehead atoms. The normalized spacial score (nSPS) is 11.4.